The van der Waals surface area contributed by atoms with E-state index in [9.17, 15) is 4.79 Å². The average Bonchev–Trinajstić information content (AvgIpc) is 3.23. The van der Waals surface area contributed by atoms with Crippen molar-refractivity contribution in [2.24, 2.45) is 5.41 Å². The first kappa shape index (κ1) is 13.8. The molecule has 112 valence electrons. The van der Waals surface area contributed by atoms with Gasteiger partial charge >= 0.3 is 0 Å². The van der Waals surface area contributed by atoms with Gasteiger partial charge in [0.15, 0.2) is 5.78 Å². The van der Waals surface area contributed by atoms with E-state index < -0.39 is 0 Å². The molecule has 1 unspecified atom stereocenters. The molecule has 1 atom stereocenters. The lowest BCUT2D eigenvalue weighted by molar-refractivity contribution is -0.132. The van der Waals surface area contributed by atoms with Crippen molar-refractivity contribution in [2.45, 2.75) is 31.8 Å². The molecule has 4 rings (SSSR count). The molecule has 0 N–H and O–H groups in total. The first-order valence-corrected chi connectivity index (χ1v) is 8.69. The Hall–Kier alpha value is -1.87. The minimum Gasteiger partial charge on any atom is -0.483 e. The lowest BCUT2D eigenvalue weighted by Crippen LogP contribution is -2.38. The molecule has 0 radical (unpaired) electrons. The summed E-state index contributed by atoms with van der Waals surface area (Å²) in [5, 5.41) is 2.02. The minimum atomic E-state index is -0.359. The summed E-state index contributed by atoms with van der Waals surface area (Å²) in [6.07, 6.45) is 5.66. The van der Waals surface area contributed by atoms with Crippen LogP contribution in [-0.4, -0.2) is 5.78 Å². The molecule has 0 amide bonds. The first-order chi connectivity index (χ1) is 10.8. The lowest BCUT2D eigenvalue weighted by atomic mass is 9.72. The van der Waals surface area contributed by atoms with E-state index >= 15 is 0 Å². The lowest BCUT2D eigenvalue weighted by Gasteiger charge is -2.39. The average molecular weight is 310 g/mol. The number of allylic oxidation sites excluding steroid dienone is 1. The summed E-state index contributed by atoms with van der Waals surface area (Å²) in [6.45, 7) is 0. The van der Waals surface area contributed by atoms with Crippen LogP contribution in [0.5, 0.6) is 0 Å². The zero-order valence-corrected chi connectivity index (χ0v) is 13.1. The van der Waals surface area contributed by atoms with Crippen LogP contribution in [0.1, 0.15) is 42.2 Å². The Morgan fingerprint density at radius 3 is 2.50 bits per heavy atom. The summed E-state index contributed by atoms with van der Waals surface area (Å²) in [5.41, 5.74) is 0.752. The van der Waals surface area contributed by atoms with E-state index in [0.29, 0.717) is 0 Å². The molecule has 0 saturated heterocycles. The molecule has 2 aromatic rings. The Bertz CT molecular complexity index is 694. The Morgan fingerprint density at radius 2 is 1.82 bits per heavy atom. The maximum Gasteiger partial charge on any atom is 0.169 e. The van der Waals surface area contributed by atoms with Crippen molar-refractivity contribution in [1.29, 1.82) is 0 Å². The molecule has 2 nitrogen and oxygen atoms in total. The van der Waals surface area contributed by atoms with Crippen LogP contribution in [0.3, 0.4) is 0 Å². The van der Waals surface area contributed by atoms with Crippen LogP contribution >= 0.6 is 11.3 Å². The van der Waals surface area contributed by atoms with Crippen LogP contribution in [0.2, 0.25) is 0 Å². The predicted octanol–water partition coefficient (Wildman–Crippen LogP) is 4.99. The molecule has 1 aromatic carbocycles. The van der Waals surface area contributed by atoms with Gasteiger partial charge in [0.2, 0.25) is 0 Å². The standard InChI is InChI=1S/C19H18O2S/c20-17-13-15(16-9-6-12-22-16)21-18(14-7-2-1-3-8-14)19(17)10-4-5-11-19/h1-3,6-9,12-13,18H,4-5,10-11H2. The van der Waals surface area contributed by atoms with Crippen molar-refractivity contribution < 1.29 is 9.53 Å². The number of hydrogen-bond acceptors (Lipinski definition) is 3. The molecule has 1 aliphatic heterocycles. The molecule has 1 saturated carbocycles. The second-order valence-electron chi connectivity index (χ2n) is 6.12. The number of carbonyl (C=O) groups is 1. The van der Waals surface area contributed by atoms with Crippen molar-refractivity contribution in [3.8, 4) is 0 Å². The Kier molecular flexibility index (Phi) is 3.38. The van der Waals surface area contributed by atoms with Crippen molar-refractivity contribution in [3.63, 3.8) is 0 Å². The normalized spacial score (nSPS) is 23.4. The van der Waals surface area contributed by atoms with Gasteiger partial charge in [-0.1, -0.05) is 49.2 Å². The van der Waals surface area contributed by atoms with Gasteiger partial charge in [0.05, 0.1) is 10.3 Å². The van der Waals surface area contributed by atoms with Crippen LogP contribution in [0.4, 0.5) is 0 Å². The highest BCUT2D eigenvalue weighted by Gasteiger charge is 2.51. The summed E-state index contributed by atoms with van der Waals surface area (Å²) >= 11 is 1.61. The van der Waals surface area contributed by atoms with E-state index in [1.54, 1.807) is 17.4 Å². The highest BCUT2D eigenvalue weighted by atomic mass is 32.1. The number of ketones is 1. The Labute approximate surface area is 134 Å². The molecular weight excluding hydrogens is 292 g/mol. The molecule has 0 bridgehead atoms. The molecule has 2 aliphatic rings. The van der Waals surface area contributed by atoms with E-state index in [2.05, 4.69) is 12.1 Å². The van der Waals surface area contributed by atoms with Gasteiger partial charge in [-0.25, -0.2) is 0 Å². The predicted molar refractivity (Wildman–Crippen MR) is 88.5 cm³/mol. The number of thiophene rings is 1. The zero-order valence-electron chi connectivity index (χ0n) is 12.3. The third-order valence-electron chi connectivity index (χ3n) is 4.86. The van der Waals surface area contributed by atoms with E-state index in [1.165, 1.54) is 0 Å². The largest absolute Gasteiger partial charge is 0.483 e. The summed E-state index contributed by atoms with van der Waals surface area (Å²) in [4.78, 5) is 14.0. The Balaban J connectivity index is 1.80. The third-order valence-corrected chi connectivity index (χ3v) is 5.75. The number of ether oxygens (including phenoxy) is 1. The van der Waals surface area contributed by atoms with Gasteiger partial charge in [-0.2, -0.15) is 0 Å². The summed E-state index contributed by atoms with van der Waals surface area (Å²) in [6, 6.07) is 14.2. The Morgan fingerprint density at radius 1 is 1.05 bits per heavy atom. The van der Waals surface area contributed by atoms with Crippen molar-refractivity contribution in [1.82, 2.24) is 0 Å². The van der Waals surface area contributed by atoms with E-state index in [0.717, 1.165) is 41.9 Å². The molecule has 3 heteroatoms. The van der Waals surface area contributed by atoms with E-state index in [1.807, 2.05) is 35.7 Å². The molecule has 2 heterocycles. The van der Waals surface area contributed by atoms with Gasteiger partial charge in [0.1, 0.15) is 11.9 Å². The van der Waals surface area contributed by atoms with Crippen LogP contribution in [-0.2, 0) is 9.53 Å². The number of rotatable bonds is 2. The number of carbonyl (C=O) groups excluding carboxylic acids is 1. The van der Waals surface area contributed by atoms with Crippen LogP contribution < -0.4 is 0 Å². The number of benzene rings is 1. The maximum atomic E-state index is 13.0. The third kappa shape index (κ3) is 2.12. The van der Waals surface area contributed by atoms with Gasteiger partial charge in [-0.3, -0.25) is 4.79 Å². The molecule has 1 aliphatic carbocycles. The van der Waals surface area contributed by atoms with Crippen LogP contribution in [0, 0.1) is 5.41 Å². The number of hydrogen-bond donors (Lipinski definition) is 0. The quantitative estimate of drug-likeness (QED) is 0.781. The minimum absolute atomic E-state index is 0.161. The van der Waals surface area contributed by atoms with Crippen molar-refractivity contribution in [3.05, 3.63) is 64.4 Å². The van der Waals surface area contributed by atoms with E-state index in [-0.39, 0.29) is 17.3 Å². The van der Waals surface area contributed by atoms with E-state index in [4.69, 9.17) is 4.74 Å². The van der Waals surface area contributed by atoms with Crippen molar-refractivity contribution >= 4 is 22.9 Å². The van der Waals surface area contributed by atoms with Gasteiger partial charge in [-0.15, -0.1) is 11.3 Å². The molecule has 22 heavy (non-hydrogen) atoms. The van der Waals surface area contributed by atoms with Gasteiger partial charge in [0, 0.05) is 6.08 Å². The highest BCUT2D eigenvalue weighted by Crippen LogP contribution is 2.54. The van der Waals surface area contributed by atoms with Crippen LogP contribution in [0.15, 0.2) is 53.9 Å². The zero-order chi connectivity index (χ0) is 15.0. The molecule has 1 fully saturated rings. The van der Waals surface area contributed by atoms with Gasteiger partial charge in [0.25, 0.3) is 0 Å². The summed E-state index contributed by atoms with van der Waals surface area (Å²) in [7, 11) is 0. The molecular formula is C19H18O2S. The molecule has 1 spiro atoms. The topological polar surface area (TPSA) is 26.3 Å². The highest BCUT2D eigenvalue weighted by molar-refractivity contribution is 7.11. The second kappa shape index (κ2) is 5.40. The maximum absolute atomic E-state index is 13.0. The SMILES string of the molecule is O=C1C=C(c2cccs2)OC(c2ccccc2)C12CCCC2. The summed E-state index contributed by atoms with van der Waals surface area (Å²) < 4.78 is 6.38. The smallest absolute Gasteiger partial charge is 0.169 e. The fraction of sp³-hybridized carbons (Fsp3) is 0.316. The fourth-order valence-electron chi connectivity index (χ4n) is 3.74. The van der Waals surface area contributed by atoms with Crippen molar-refractivity contribution in [2.75, 3.05) is 0 Å². The molecule has 1 aromatic heterocycles. The first-order valence-electron chi connectivity index (χ1n) is 7.81. The monoisotopic (exact) mass is 310 g/mol. The second-order valence-corrected chi connectivity index (χ2v) is 7.07. The fourth-order valence-corrected chi connectivity index (χ4v) is 4.43. The van der Waals surface area contributed by atoms with Gasteiger partial charge in [-0.05, 0) is 29.9 Å². The van der Waals surface area contributed by atoms with Crippen LogP contribution in [0.25, 0.3) is 5.76 Å². The van der Waals surface area contributed by atoms with Gasteiger partial charge < -0.3 is 4.74 Å². The summed E-state index contributed by atoms with van der Waals surface area (Å²) in [5.74, 6) is 0.972.